The van der Waals surface area contributed by atoms with Crippen LogP contribution < -0.4 is 0 Å². The van der Waals surface area contributed by atoms with E-state index in [1.54, 1.807) is 12.4 Å². The molecule has 1 fully saturated rings. The Hall–Kier alpha value is -2.60. The van der Waals surface area contributed by atoms with Crippen LogP contribution in [0, 0.1) is 0 Å². The molecule has 0 spiro atoms. The van der Waals surface area contributed by atoms with Gasteiger partial charge in [0.2, 0.25) is 0 Å². The maximum absolute atomic E-state index is 12.5. The lowest BCUT2D eigenvalue weighted by Crippen LogP contribution is -2.32. The highest BCUT2D eigenvalue weighted by Gasteiger charge is 2.35. The smallest absolute Gasteiger partial charge is 0.336 e. The standard InChI is InChI=1S/C20H23NO5/c1-24-19(22)16-12-21(11-15-9-6-10-26-15)13-17(20(23)25-2)18(16)14-7-4-3-5-8-14/h3-5,7-8,12-13,15,18H,6,9-11H2,1-2H3/t15-/m1/s1. The molecule has 0 radical (unpaired) electrons. The van der Waals surface area contributed by atoms with E-state index in [9.17, 15) is 9.59 Å². The lowest BCUT2D eigenvalue weighted by atomic mass is 9.83. The Bertz CT molecular complexity index is 685. The van der Waals surface area contributed by atoms with Crippen molar-refractivity contribution in [1.29, 1.82) is 0 Å². The second-order valence-electron chi connectivity index (χ2n) is 6.33. The third-order valence-corrected chi connectivity index (χ3v) is 4.65. The minimum absolute atomic E-state index is 0.0774. The van der Waals surface area contributed by atoms with Gasteiger partial charge in [0.15, 0.2) is 0 Å². The van der Waals surface area contributed by atoms with Gasteiger partial charge in [-0.25, -0.2) is 9.59 Å². The van der Waals surface area contributed by atoms with E-state index in [2.05, 4.69) is 0 Å². The van der Waals surface area contributed by atoms with Crippen molar-refractivity contribution in [3.63, 3.8) is 0 Å². The number of carbonyl (C=O) groups is 2. The Morgan fingerprint density at radius 1 is 1.08 bits per heavy atom. The highest BCUT2D eigenvalue weighted by molar-refractivity contribution is 5.98. The summed E-state index contributed by atoms with van der Waals surface area (Å²) < 4.78 is 15.6. The molecule has 0 saturated carbocycles. The van der Waals surface area contributed by atoms with Crippen LogP contribution in [0.1, 0.15) is 24.3 Å². The Balaban J connectivity index is 2.00. The van der Waals surface area contributed by atoms with Crippen molar-refractivity contribution >= 4 is 11.9 Å². The highest BCUT2D eigenvalue weighted by atomic mass is 16.5. The van der Waals surface area contributed by atoms with E-state index in [0.717, 1.165) is 25.0 Å². The minimum Gasteiger partial charge on any atom is -0.466 e. The molecule has 0 N–H and O–H groups in total. The Morgan fingerprint density at radius 3 is 2.19 bits per heavy atom. The van der Waals surface area contributed by atoms with E-state index in [4.69, 9.17) is 14.2 Å². The van der Waals surface area contributed by atoms with Crippen LogP contribution >= 0.6 is 0 Å². The fourth-order valence-corrected chi connectivity index (χ4v) is 3.42. The van der Waals surface area contributed by atoms with Gasteiger partial charge in [0.05, 0.1) is 37.4 Å². The zero-order valence-corrected chi connectivity index (χ0v) is 15.0. The van der Waals surface area contributed by atoms with Gasteiger partial charge in [0.1, 0.15) is 0 Å². The maximum Gasteiger partial charge on any atom is 0.336 e. The maximum atomic E-state index is 12.5. The summed E-state index contributed by atoms with van der Waals surface area (Å²) >= 11 is 0. The number of rotatable bonds is 5. The molecule has 0 aromatic heterocycles. The number of hydrogen-bond acceptors (Lipinski definition) is 6. The van der Waals surface area contributed by atoms with E-state index in [-0.39, 0.29) is 6.10 Å². The molecule has 2 aliphatic rings. The average molecular weight is 357 g/mol. The molecule has 3 rings (SSSR count). The van der Waals surface area contributed by atoms with Gasteiger partial charge in [-0.05, 0) is 18.4 Å². The molecule has 6 nitrogen and oxygen atoms in total. The average Bonchev–Trinajstić information content (AvgIpc) is 3.19. The molecule has 0 bridgehead atoms. The largest absolute Gasteiger partial charge is 0.466 e. The molecule has 1 atom stereocenters. The number of esters is 2. The minimum atomic E-state index is -0.531. The van der Waals surface area contributed by atoms with Crippen molar-refractivity contribution in [2.24, 2.45) is 0 Å². The fourth-order valence-electron chi connectivity index (χ4n) is 3.42. The van der Waals surface area contributed by atoms with E-state index >= 15 is 0 Å². The Labute approximate surface area is 153 Å². The Kier molecular flexibility index (Phi) is 5.73. The summed E-state index contributed by atoms with van der Waals surface area (Å²) in [5.41, 5.74) is 1.64. The molecule has 1 aromatic carbocycles. The van der Waals surface area contributed by atoms with Crippen LogP contribution in [0.15, 0.2) is 53.9 Å². The molecule has 2 heterocycles. The lowest BCUT2D eigenvalue weighted by molar-refractivity contribution is -0.137. The predicted octanol–water partition coefficient (Wildman–Crippen LogP) is 2.38. The topological polar surface area (TPSA) is 65.1 Å². The number of hydrogen-bond donors (Lipinski definition) is 0. The number of nitrogens with zero attached hydrogens (tertiary/aromatic N) is 1. The van der Waals surface area contributed by atoms with E-state index < -0.39 is 17.9 Å². The SMILES string of the molecule is COC(=O)C1=CN(C[C@H]2CCCO2)C=C(C(=O)OC)C1c1ccccc1. The van der Waals surface area contributed by atoms with Gasteiger partial charge < -0.3 is 19.1 Å². The van der Waals surface area contributed by atoms with Crippen LogP contribution in [0.5, 0.6) is 0 Å². The summed E-state index contributed by atoms with van der Waals surface area (Å²) in [7, 11) is 2.68. The summed E-state index contributed by atoms with van der Waals surface area (Å²) in [6, 6.07) is 9.40. The van der Waals surface area contributed by atoms with E-state index in [1.807, 2.05) is 35.2 Å². The van der Waals surface area contributed by atoms with E-state index in [1.165, 1.54) is 14.2 Å². The highest BCUT2D eigenvalue weighted by Crippen LogP contribution is 2.37. The van der Waals surface area contributed by atoms with Gasteiger partial charge in [0, 0.05) is 25.6 Å². The molecule has 6 heteroatoms. The molecule has 138 valence electrons. The molecule has 0 unspecified atom stereocenters. The van der Waals surface area contributed by atoms with Gasteiger partial charge >= 0.3 is 11.9 Å². The first-order valence-corrected chi connectivity index (χ1v) is 8.66. The summed E-state index contributed by atoms with van der Waals surface area (Å²) in [5, 5.41) is 0. The van der Waals surface area contributed by atoms with Gasteiger partial charge in [-0.15, -0.1) is 0 Å². The zero-order chi connectivity index (χ0) is 18.5. The molecular formula is C20H23NO5. The van der Waals surface area contributed by atoms with Gasteiger partial charge in [-0.3, -0.25) is 0 Å². The van der Waals surface area contributed by atoms with Crippen LogP contribution in [0.4, 0.5) is 0 Å². The van der Waals surface area contributed by atoms with Crippen molar-refractivity contribution in [3.8, 4) is 0 Å². The Morgan fingerprint density at radius 2 is 1.69 bits per heavy atom. The molecule has 1 aromatic rings. The fraction of sp³-hybridized carbons (Fsp3) is 0.400. The first-order chi connectivity index (χ1) is 12.6. The summed E-state index contributed by atoms with van der Waals surface area (Å²) in [5.74, 6) is -1.46. The first kappa shape index (κ1) is 18.2. The van der Waals surface area contributed by atoms with Gasteiger partial charge in [0.25, 0.3) is 0 Å². The summed E-state index contributed by atoms with van der Waals surface area (Å²) in [6.07, 6.45) is 5.55. The van der Waals surface area contributed by atoms with Crippen molar-refractivity contribution < 1.29 is 23.8 Å². The number of carbonyl (C=O) groups excluding carboxylic acids is 2. The molecular weight excluding hydrogens is 334 g/mol. The predicted molar refractivity (Wildman–Crippen MR) is 95.1 cm³/mol. The van der Waals surface area contributed by atoms with Crippen molar-refractivity contribution in [2.75, 3.05) is 27.4 Å². The second kappa shape index (κ2) is 8.19. The third-order valence-electron chi connectivity index (χ3n) is 4.65. The van der Waals surface area contributed by atoms with Crippen LogP contribution in [-0.2, 0) is 23.8 Å². The molecule has 1 saturated heterocycles. The van der Waals surface area contributed by atoms with Gasteiger partial charge in [-0.1, -0.05) is 30.3 Å². The second-order valence-corrected chi connectivity index (χ2v) is 6.33. The number of methoxy groups -OCH3 is 2. The third kappa shape index (κ3) is 3.80. The van der Waals surface area contributed by atoms with Crippen LogP contribution in [-0.4, -0.2) is 50.3 Å². The molecule has 2 aliphatic heterocycles. The van der Waals surface area contributed by atoms with E-state index in [0.29, 0.717) is 17.7 Å². The molecule has 0 amide bonds. The number of ether oxygens (including phenoxy) is 3. The van der Waals surface area contributed by atoms with Crippen LogP contribution in [0.2, 0.25) is 0 Å². The first-order valence-electron chi connectivity index (χ1n) is 8.66. The van der Waals surface area contributed by atoms with Crippen LogP contribution in [0.3, 0.4) is 0 Å². The normalized spacial score (nSPS) is 20.4. The van der Waals surface area contributed by atoms with Gasteiger partial charge in [-0.2, -0.15) is 0 Å². The molecule has 26 heavy (non-hydrogen) atoms. The zero-order valence-electron chi connectivity index (χ0n) is 15.0. The van der Waals surface area contributed by atoms with Crippen LogP contribution in [0.25, 0.3) is 0 Å². The summed E-state index contributed by atoms with van der Waals surface area (Å²) in [4.78, 5) is 26.8. The lowest BCUT2D eigenvalue weighted by Gasteiger charge is -2.31. The van der Waals surface area contributed by atoms with Crippen molar-refractivity contribution in [3.05, 3.63) is 59.4 Å². The molecule has 0 aliphatic carbocycles. The van der Waals surface area contributed by atoms with Crippen molar-refractivity contribution in [2.45, 2.75) is 24.9 Å². The number of benzene rings is 1. The van der Waals surface area contributed by atoms with Crippen molar-refractivity contribution in [1.82, 2.24) is 4.90 Å². The summed E-state index contributed by atoms with van der Waals surface area (Å²) in [6.45, 7) is 1.31. The monoisotopic (exact) mass is 357 g/mol. The quantitative estimate of drug-likeness (QED) is 0.754.